The van der Waals surface area contributed by atoms with E-state index in [1.165, 1.54) is 0 Å². The van der Waals surface area contributed by atoms with E-state index in [9.17, 15) is 0 Å². The number of ether oxygens (including phenoxy) is 1. The topological polar surface area (TPSA) is 44.7 Å². The maximum atomic E-state index is 9.15. The molecule has 0 aliphatic carbocycles. The van der Waals surface area contributed by atoms with Crippen molar-refractivity contribution in [2.45, 2.75) is 26.3 Å². The fourth-order valence-electron chi connectivity index (χ4n) is 1.37. The molecular formula is C11H26N2O2. The number of aliphatic hydroxyl groups is 1. The van der Waals surface area contributed by atoms with E-state index in [2.05, 4.69) is 24.2 Å². The Morgan fingerprint density at radius 3 is 2.67 bits per heavy atom. The predicted molar refractivity (Wildman–Crippen MR) is 63.2 cm³/mol. The highest BCUT2D eigenvalue weighted by atomic mass is 16.5. The number of likely N-dealkylation sites (N-methyl/N-ethyl adjacent to an activating group) is 1. The standard InChI is InChI=1S/C11H26N2O2/c1-4-6-12-11(10-14)9-13(3)7-8-15-5-2/h11-12,14H,4-10H2,1-3H3. The Morgan fingerprint density at radius 2 is 2.13 bits per heavy atom. The summed E-state index contributed by atoms with van der Waals surface area (Å²) in [6.07, 6.45) is 1.10. The Morgan fingerprint density at radius 1 is 1.40 bits per heavy atom. The highest BCUT2D eigenvalue weighted by Gasteiger charge is 2.08. The molecule has 0 aliphatic heterocycles. The Bertz CT molecular complexity index is 134. The molecule has 0 radical (unpaired) electrons. The minimum Gasteiger partial charge on any atom is -0.395 e. The lowest BCUT2D eigenvalue weighted by molar-refractivity contribution is 0.113. The van der Waals surface area contributed by atoms with Gasteiger partial charge in [0.1, 0.15) is 0 Å². The molecule has 0 rings (SSSR count). The maximum absolute atomic E-state index is 9.15. The molecule has 0 saturated carbocycles. The Kier molecular flexibility index (Phi) is 10.3. The van der Waals surface area contributed by atoms with Crippen molar-refractivity contribution in [2.75, 3.05) is 46.5 Å². The lowest BCUT2D eigenvalue weighted by Gasteiger charge is -2.23. The number of hydrogen-bond acceptors (Lipinski definition) is 4. The summed E-state index contributed by atoms with van der Waals surface area (Å²) < 4.78 is 5.28. The van der Waals surface area contributed by atoms with Crippen molar-refractivity contribution >= 4 is 0 Å². The first-order chi connectivity index (χ1) is 7.24. The van der Waals surface area contributed by atoms with Gasteiger partial charge in [-0.25, -0.2) is 0 Å². The van der Waals surface area contributed by atoms with Crippen molar-refractivity contribution in [1.82, 2.24) is 10.2 Å². The van der Waals surface area contributed by atoms with Gasteiger partial charge in [-0.15, -0.1) is 0 Å². The molecule has 92 valence electrons. The highest BCUT2D eigenvalue weighted by Crippen LogP contribution is 1.90. The third kappa shape index (κ3) is 8.81. The van der Waals surface area contributed by atoms with Gasteiger partial charge in [-0.05, 0) is 26.9 Å². The predicted octanol–water partition coefficient (Wildman–Crippen LogP) is 0.315. The van der Waals surface area contributed by atoms with Crippen molar-refractivity contribution in [3.05, 3.63) is 0 Å². The van der Waals surface area contributed by atoms with Gasteiger partial charge in [0.2, 0.25) is 0 Å². The first kappa shape index (κ1) is 14.8. The molecule has 1 unspecified atom stereocenters. The quantitative estimate of drug-likeness (QED) is 0.518. The van der Waals surface area contributed by atoms with Gasteiger partial charge in [0.25, 0.3) is 0 Å². The van der Waals surface area contributed by atoms with Crippen LogP contribution in [0.2, 0.25) is 0 Å². The van der Waals surface area contributed by atoms with E-state index < -0.39 is 0 Å². The average Bonchev–Trinajstić information content (AvgIpc) is 2.24. The van der Waals surface area contributed by atoms with Crippen LogP contribution in [0.3, 0.4) is 0 Å². The van der Waals surface area contributed by atoms with E-state index in [1.807, 2.05) is 6.92 Å². The van der Waals surface area contributed by atoms with Gasteiger partial charge in [-0.2, -0.15) is 0 Å². The summed E-state index contributed by atoms with van der Waals surface area (Å²) in [5.74, 6) is 0. The summed E-state index contributed by atoms with van der Waals surface area (Å²) in [6.45, 7) is 8.59. The molecular weight excluding hydrogens is 192 g/mol. The van der Waals surface area contributed by atoms with Crippen molar-refractivity contribution < 1.29 is 9.84 Å². The van der Waals surface area contributed by atoms with Gasteiger partial charge in [0, 0.05) is 25.7 Å². The van der Waals surface area contributed by atoms with Crippen molar-refractivity contribution in [2.24, 2.45) is 0 Å². The first-order valence-corrected chi connectivity index (χ1v) is 5.85. The summed E-state index contributed by atoms with van der Waals surface area (Å²) >= 11 is 0. The smallest absolute Gasteiger partial charge is 0.0597 e. The minimum atomic E-state index is 0.177. The summed E-state index contributed by atoms with van der Waals surface area (Å²) in [5.41, 5.74) is 0. The van der Waals surface area contributed by atoms with Crippen LogP contribution >= 0.6 is 0 Å². The summed E-state index contributed by atoms with van der Waals surface area (Å²) in [4.78, 5) is 2.18. The second kappa shape index (κ2) is 10.4. The molecule has 0 fully saturated rings. The van der Waals surface area contributed by atoms with Crippen molar-refractivity contribution in [3.63, 3.8) is 0 Å². The van der Waals surface area contributed by atoms with E-state index in [1.54, 1.807) is 0 Å². The Balaban J connectivity index is 3.55. The van der Waals surface area contributed by atoms with E-state index >= 15 is 0 Å². The largest absolute Gasteiger partial charge is 0.395 e. The molecule has 15 heavy (non-hydrogen) atoms. The fourth-order valence-corrected chi connectivity index (χ4v) is 1.37. The van der Waals surface area contributed by atoms with Gasteiger partial charge in [-0.1, -0.05) is 6.92 Å². The molecule has 2 N–H and O–H groups in total. The van der Waals surface area contributed by atoms with Crippen molar-refractivity contribution in [1.29, 1.82) is 0 Å². The van der Waals surface area contributed by atoms with Crippen LogP contribution in [-0.4, -0.2) is 62.6 Å². The summed E-state index contributed by atoms with van der Waals surface area (Å²) in [7, 11) is 2.05. The lowest BCUT2D eigenvalue weighted by atomic mass is 10.3. The molecule has 0 aromatic carbocycles. The van der Waals surface area contributed by atoms with Gasteiger partial charge in [0.05, 0.1) is 13.2 Å². The Labute approximate surface area is 93.6 Å². The van der Waals surface area contributed by atoms with Gasteiger partial charge in [-0.3, -0.25) is 0 Å². The molecule has 1 atom stereocenters. The number of hydrogen-bond donors (Lipinski definition) is 2. The second-order valence-electron chi connectivity index (χ2n) is 3.79. The normalized spacial score (nSPS) is 13.4. The number of rotatable bonds is 10. The second-order valence-corrected chi connectivity index (χ2v) is 3.79. The monoisotopic (exact) mass is 218 g/mol. The highest BCUT2D eigenvalue weighted by molar-refractivity contribution is 4.69. The van der Waals surface area contributed by atoms with Crippen LogP contribution in [0.15, 0.2) is 0 Å². The number of nitrogens with one attached hydrogen (secondary N) is 1. The molecule has 0 aliphatic rings. The summed E-state index contributed by atoms with van der Waals surface area (Å²) in [5, 5.41) is 12.5. The van der Waals surface area contributed by atoms with Gasteiger partial charge < -0.3 is 20.1 Å². The molecule has 0 spiro atoms. The van der Waals surface area contributed by atoms with Crippen molar-refractivity contribution in [3.8, 4) is 0 Å². The lowest BCUT2D eigenvalue weighted by Crippen LogP contribution is -2.43. The van der Waals surface area contributed by atoms with Crippen LogP contribution in [0.5, 0.6) is 0 Å². The first-order valence-electron chi connectivity index (χ1n) is 5.85. The van der Waals surface area contributed by atoms with Crippen LogP contribution < -0.4 is 5.32 Å². The van der Waals surface area contributed by atoms with Gasteiger partial charge >= 0.3 is 0 Å². The fraction of sp³-hybridized carbons (Fsp3) is 1.00. The summed E-state index contributed by atoms with van der Waals surface area (Å²) in [6, 6.07) is 0.177. The molecule has 0 aromatic rings. The third-order valence-corrected chi connectivity index (χ3v) is 2.26. The third-order valence-electron chi connectivity index (χ3n) is 2.26. The zero-order valence-electron chi connectivity index (χ0n) is 10.3. The van der Waals surface area contributed by atoms with Crippen LogP contribution in [0.1, 0.15) is 20.3 Å². The van der Waals surface area contributed by atoms with Crippen LogP contribution in [0, 0.1) is 0 Å². The number of aliphatic hydroxyl groups excluding tert-OH is 1. The van der Waals surface area contributed by atoms with Crippen LogP contribution in [-0.2, 0) is 4.74 Å². The maximum Gasteiger partial charge on any atom is 0.0597 e. The molecule has 0 saturated heterocycles. The van der Waals surface area contributed by atoms with E-state index in [4.69, 9.17) is 9.84 Å². The molecule has 0 aromatic heterocycles. The molecule has 0 heterocycles. The zero-order chi connectivity index (χ0) is 11.5. The molecule has 0 amide bonds. The van der Waals surface area contributed by atoms with E-state index in [-0.39, 0.29) is 12.6 Å². The van der Waals surface area contributed by atoms with Gasteiger partial charge in [0.15, 0.2) is 0 Å². The van der Waals surface area contributed by atoms with E-state index in [0.717, 1.165) is 39.3 Å². The zero-order valence-corrected chi connectivity index (χ0v) is 10.3. The average molecular weight is 218 g/mol. The number of nitrogens with zero attached hydrogens (tertiary/aromatic N) is 1. The molecule has 4 nitrogen and oxygen atoms in total. The SMILES string of the molecule is CCCNC(CO)CN(C)CCOCC. The van der Waals surface area contributed by atoms with Crippen LogP contribution in [0.25, 0.3) is 0 Å². The van der Waals surface area contributed by atoms with Crippen LogP contribution in [0.4, 0.5) is 0 Å². The van der Waals surface area contributed by atoms with E-state index in [0.29, 0.717) is 0 Å². The Hall–Kier alpha value is -0.160. The molecule has 0 bridgehead atoms. The molecule has 4 heteroatoms. The minimum absolute atomic E-state index is 0.177.